The maximum atomic E-state index is 12.4. The minimum atomic E-state index is -0.235. The fourth-order valence-electron chi connectivity index (χ4n) is 2.68. The van der Waals surface area contributed by atoms with Gasteiger partial charge in [-0.05, 0) is 23.6 Å². The summed E-state index contributed by atoms with van der Waals surface area (Å²) in [6.07, 6.45) is 0. The summed E-state index contributed by atoms with van der Waals surface area (Å²) in [4.78, 5) is 40.5. The molecule has 7 heteroatoms. The van der Waals surface area contributed by atoms with E-state index >= 15 is 0 Å². The molecule has 1 aromatic carbocycles. The van der Waals surface area contributed by atoms with Crippen LogP contribution < -0.4 is 5.32 Å². The minimum Gasteiger partial charge on any atom is -0.342 e. The summed E-state index contributed by atoms with van der Waals surface area (Å²) in [5.74, 6) is -0.378. The number of nitrogens with zero attached hydrogens (tertiary/aromatic N) is 2. The second-order valence-electron chi connectivity index (χ2n) is 5.70. The van der Waals surface area contributed by atoms with Gasteiger partial charge in [-0.15, -0.1) is 11.3 Å². The Bertz CT molecular complexity index is 738. The van der Waals surface area contributed by atoms with E-state index in [1.165, 1.54) is 11.3 Å². The van der Waals surface area contributed by atoms with Crippen molar-refractivity contribution in [1.82, 2.24) is 15.1 Å². The van der Waals surface area contributed by atoms with Gasteiger partial charge in [0.25, 0.3) is 11.8 Å². The Morgan fingerprint density at radius 3 is 2.24 bits per heavy atom. The van der Waals surface area contributed by atoms with Crippen LogP contribution in [0.3, 0.4) is 0 Å². The van der Waals surface area contributed by atoms with E-state index in [4.69, 9.17) is 0 Å². The first kappa shape index (κ1) is 17.2. The van der Waals surface area contributed by atoms with Crippen LogP contribution in [0.1, 0.15) is 20.0 Å². The van der Waals surface area contributed by atoms with Crippen molar-refractivity contribution >= 4 is 29.1 Å². The lowest BCUT2D eigenvalue weighted by molar-refractivity contribution is -0.131. The molecule has 1 saturated heterocycles. The summed E-state index contributed by atoms with van der Waals surface area (Å²) in [5, 5.41) is 4.46. The number of hydrogen-bond acceptors (Lipinski definition) is 4. The van der Waals surface area contributed by atoms with Gasteiger partial charge < -0.3 is 15.1 Å². The minimum absolute atomic E-state index is 0.0151. The van der Waals surface area contributed by atoms with E-state index in [1.807, 2.05) is 23.6 Å². The van der Waals surface area contributed by atoms with Gasteiger partial charge in [-0.25, -0.2) is 0 Å². The number of amides is 3. The molecule has 2 heterocycles. The first-order chi connectivity index (χ1) is 12.1. The van der Waals surface area contributed by atoms with Crippen molar-refractivity contribution in [2.75, 3.05) is 32.7 Å². The standard InChI is InChI=1S/C18H19N3O3S/c22-16(13-19-17(23)15-7-4-12-25-15)20-8-10-21(11-9-20)18(24)14-5-2-1-3-6-14/h1-7,12H,8-11,13H2,(H,19,23). The van der Waals surface area contributed by atoms with Crippen LogP contribution in [0.4, 0.5) is 0 Å². The molecule has 3 rings (SSSR count). The molecular weight excluding hydrogens is 338 g/mol. The van der Waals surface area contributed by atoms with Crippen molar-refractivity contribution in [2.45, 2.75) is 0 Å². The molecule has 0 aliphatic carbocycles. The van der Waals surface area contributed by atoms with E-state index < -0.39 is 0 Å². The highest BCUT2D eigenvalue weighted by atomic mass is 32.1. The molecule has 1 fully saturated rings. The Labute approximate surface area is 150 Å². The normalized spacial score (nSPS) is 14.2. The van der Waals surface area contributed by atoms with E-state index in [0.717, 1.165) is 0 Å². The predicted molar refractivity (Wildman–Crippen MR) is 95.6 cm³/mol. The molecule has 0 saturated carbocycles. The van der Waals surface area contributed by atoms with E-state index in [-0.39, 0.29) is 24.3 Å². The van der Waals surface area contributed by atoms with Gasteiger partial charge in [0.2, 0.25) is 5.91 Å². The summed E-state index contributed by atoms with van der Waals surface area (Å²) in [6.45, 7) is 1.93. The molecule has 25 heavy (non-hydrogen) atoms. The topological polar surface area (TPSA) is 69.7 Å². The lowest BCUT2D eigenvalue weighted by atomic mass is 10.2. The van der Waals surface area contributed by atoms with Crippen LogP contribution in [0, 0.1) is 0 Å². The molecule has 0 spiro atoms. The molecule has 1 aliphatic heterocycles. The average molecular weight is 357 g/mol. The summed E-state index contributed by atoms with van der Waals surface area (Å²) in [7, 11) is 0. The molecule has 6 nitrogen and oxygen atoms in total. The SMILES string of the molecule is O=C(NCC(=O)N1CCN(C(=O)c2ccccc2)CC1)c1cccs1. The van der Waals surface area contributed by atoms with Gasteiger partial charge in [-0.3, -0.25) is 14.4 Å². The zero-order chi connectivity index (χ0) is 17.6. The Morgan fingerprint density at radius 2 is 1.60 bits per heavy atom. The largest absolute Gasteiger partial charge is 0.342 e. The number of rotatable bonds is 4. The number of benzene rings is 1. The number of thiophene rings is 1. The van der Waals surface area contributed by atoms with Gasteiger partial charge in [0, 0.05) is 31.7 Å². The number of nitrogens with one attached hydrogen (secondary N) is 1. The number of hydrogen-bond donors (Lipinski definition) is 1. The van der Waals surface area contributed by atoms with Crippen LogP contribution in [-0.2, 0) is 4.79 Å². The third-order valence-corrected chi connectivity index (χ3v) is 4.95. The summed E-state index contributed by atoms with van der Waals surface area (Å²) < 4.78 is 0. The van der Waals surface area contributed by atoms with Gasteiger partial charge in [-0.2, -0.15) is 0 Å². The zero-order valence-electron chi connectivity index (χ0n) is 13.7. The number of piperazine rings is 1. The maximum absolute atomic E-state index is 12.4. The molecule has 130 valence electrons. The Hall–Kier alpha value is -2.67. The lowest BCUT2D eigenvalue weighted by Gasteiger charge is -2.34. The first-order valence-corrected chi connectivity index (χ1v) is 8.97. The molecule has 1 aliphatic rings. The quantitative estimate of drug-likeness (QED) is 0.901. The third kappa shape index (κ3) is 4.24. The second-order valence-corrected chi connectivity index (χ2v) is 6.65. The van der Waals surface area contributed by atoms with Gasteiger partial charge in [0.05, 0.1) is 11.4 Å². The second kappa shape index (κ2) is 7.94. The molecule has 1 N–H and O–H groups in total. The predicted octanol–water partition coefficient (Wildman–Crippen LogP) is 1.46. The molecule has 0 bridgehead atoms. The molecule has 2 aromatic rings. The Balaban J connectivity index is 1.46. The third-order valence-electron chi connectivity index (χ3n) is 4.09. The van der Waals surface area contributed by atoms with Gasteiger partial charge in [0.15, 0.2) is 0 Å². The van der Waals surface area contributed by atoms with Crippen LogP contribution in [0.5, 0.6) is 0 Å². The fraction of sp³-hybridized carbons (Fsp3) is 0.278. The van der Waals surface area contributed by atoms with Crippen molar-refractivity contribution in [2.24, 2.45) is 0 Å². The van der Waals surface area contributed by atoms with E-state index in [9.17, 15) is 14.4 Å². The maximum Gasteiger partial charge on any atom is 0.261 e. The molecule has 0 radical (unpaired) electrons. The van der Waals surface area contributed by atoms with Crippen LogP contribution in [0.2, 0.25) is 0 Å². The van der Waals surface area contributed by atoms with E-state index in [2.05, 4.69) is 5.32 Å². The van der Waals surface area contributed by atoms with Crippen LogP contribution >= 0.6 is 11.3 Å². The van der Waals surface area contributed by atoms with Crippen LogP contribution in [-0.4, -0.2) is 60.2 Å². The Kier molecular flexibility index (Phi) is 5.45. The van der Waals surface area contributed by atoms with Gasteiger partial charge >= 0.3 is 0 Å². The number of carbonyl (C=O) groups is 3. The first-order valence-electron chi connectivity index (χ1n) is 8.09. The van der Waals surface area contributed by atoms with Crippen LogP contribution in [0.15, 0.2) is 47.8 Å². The zero-order valence-corrected chi connectivity index (χ0v) is 14.5. The molecule has 0 atom stereocenters. The summed E-state index contributed by atoms with van der Waals surface area (Å²) in [5.41, 5.74) is 0.658. The molecule has 3 amide bonds. The fourth-order valence-corrected chi connectivity index (χ4v) is 3.32. The van der Waals surface area contributed by atoms with Gasteiger partial charge in [-0.1, -0.05) is 24.3 Å². The van der Waals surface area contributed by atoms with Crippen molar-refractivity contribution in [3.63, 3.8) is 0 Å². The number of carbonyl (C=O) groups excluding carboxylic acids is 3. The van der Waals surface area contributed by atoms with Crippen molar-refractivity contribution in [3.05, 3.63) is 58.3 Å². The van der Waals surface area contributed by atoms with Gasteiger partial charge in [0.1, 0.15) is 0 Å². The van der Waals surface area contributed by atoms with Crippen LogP contribution in [0.25, 0.3) is 0 Å². The molecule has 0 unspecified atom stereocenters. The average Bonchev–Trinajstić information content (AvgIpc) is 3.21. The highest BCUT2D eigenvalue weighted by Crippen LogP contribution is 2.10. The highest BCUT2D eigenvalue weighted by molar-refractivity contribution is 7.12. The summed E-state index contributed by atoms with van der Waals surface area (Å²) >= 11 is 1.34. The van der Waals surface area contributed by atoms with E-state index in [1.54, 1.807) is 34.1 Å². The van der Waals surface area contributed by atoms with Crippen molar-refractivity contribution in [3.8, 4) is 0 Å². The Morgan fingerprint density at radius 1 is 0.920 bits per heavy atom. The highest BCUT2D eigenvalue weighted by Gasteiger charge is 2.24. The monoisotopic (exact) mass is 357 g/mol. The van der Waals surface area contributed by atoms with E-state index in [0.29, 0.717) is 36.6 Å². The smallest absolute Gasteiger partial charge is 0.261 e. The summed E-state index contributed by atoms with van der Waals surface area (Å²) in [6, 6.07) is 12.6. The molecule has 1 aromatic heterocycles. The molecular formula is C18H19N3O3S. The lowest BCUT2D eigenvalue weighted by Crippen LogP contribution is -2.52. The van der Waals surface area contributed by atoms with Crippen molar-refractivity contribution < 1.29 is 14.4 Å². The van der Waals surface area contributed by atoms with Crippen molar-refractivity contribution in [1.29, 1.82) is 0 Å².